The molecule has 0 aliphatic rings. The molecule has 0 saturated carbocycles. The highest BCUT2D eigenvalue weighted by Gasteiger charge is 2.10. The maximum absolute atomic E-state index is 11.9. The predicted molar refractivity (Wildman–Crippen MR) is 138 cm³/mol. The molecule has 0 radical (unpaired) electrons. The number of primary sulfonamides is 2. The minimum Gasteiger partial charge on any atom is -0.455 e. The number of nitrogens with one attached hydrogen (secondary N) is 2. The first-order chi connectivity index (χ1) is 18.0. The first-order valence-corrected chi connectivity index (χ1v) is 13.7. The molecule has 0 aliphatic heterocycles. The second kappa shape index (κ2) is 10.8. The molecule has 0 unspecified atom stereocenters. The summed E-state index contributed by atoms with van der Waals surface area (Å²) < 4.78 is 56.6. The lowest BCUT2D eigenvalue weighted by molar-refractivity contribution is 0.242. The van der Waals surface area contributed by atoms with Gasteiger partial charge in [-0.1, -0.05) is 0 Å². The largest absolute Gasteiger partial charge is 0.455 e. The summed E-state index contributed by atoms with van der Waals surface area (Å²) >= 11 is 0. The van der Waals surface area contributed by atoms with Crippen LogP contribution in [0.25, 0.3) is 22.6 Å². The molecule has 0 fully saturated rings. The molecule has 2 heterocycles. The molecule has 4 aromatic rings. The number of nitrogens with zero attached hydrogens (tertiary/aromatic N) is 2. The average molecular weight is 557 g/mol. The molecule has 2 amide bonds. The van der Waals surface area contributed by atoms with E-state index < -0.39 is 26.1 Å². The minimum absolute atomic E-state index is 0.0166. The third-order valence-corrected chi connectivity index (χ3v) is 6.76. The molecule has 0 spiro atoms. The zero-order valence-corrected chi connectivity index (χ0v) is 20.9. The number of hydrazone groups is 2. The minimum atomic E-state index is -3.79. The maximum Gasteiger partial charge on any atom is 0.355 e. The van der Waals surface area contributed by atoms with E-state index in [1.54, 1.807) is 48.5 Å². The molecule has 13 nitrogen and oxygen atoms in total. The molecule has 0 aliphatic carbocycles. The SMILES string of the molecule is NS(=O)(=O)c1ccc(-c2ccc(C=NNC(=O)NN=Cc3ccc(-c4ccc(S(N)(=O)=O)cc4)o3)o2)cc1. The summed E-state index contributed by atoms with van der Waals surface area (Å²) in [6.07, 6.45) is 2.54. The van der Waals surface area contributed by atoms with Crippen molar-refractivity contribution in [3.8, 4) is 22.6 Å². The van der Waals surface area contributed by atoms with Crippen LogP contribution >= 0.6 is 0 Å². The molecule has 6 N–H and O–H groups in total. The van der Waals surface area contributed by atoms with Crippen LogP contribution in [-0.4, -0.2) is 35.3 Å². The van der Waals surface area contributed by atoms with Gasteiger partial charge in [-0.3, -0.25) is 0 Å². The molecule has 15 heteroatoms. The average Bonchev–Trinajstić information content (AvgIpc) is 3.53. The summed E-state index contributed by atoms with van der Waals surface area (Å²) in [5, 5.41) is 17.7. The molecular formula is C23H20N6O7S2. The van der Waals surface area contributed by atoms with Gasteiger partial charge in [-0.05, 0) is 72.8 Å². The number of urea groups is 1. The van der Waals surface area contributed by atoms with Crippen molar-refractivity contribution in [2.24, 2.45) is 20.5 Å². The van der Waals surface area contributed by atoms with Crippen LogP contribution in [0.1, 0.15) is 11.5 Å². The van der Waals surface area contributed by atoms with Crippen molar-refractivity contribution in [3.63, 3.8) is 0 Å². The van der Waals surface area contributed by atoms with Gasteiger partial charge in [0.2, 0.25) is 20.0 Å². The fraction of sp³-hybridized carbons (Fsp3) is 0. The quantitative estimate of drug-likeness (QED) is 0.187. The van der Waals surface area contributed by atoms with Crippen LogP contribution in [0.5, 0.6) is 0 Å². The van der Waals surface area contributed by atoms with Crippen molar-refractivity contribution in [1.82, 2.24) is 10.9 Å². The molecule has 38 heavy (non-hydrogen) atoms. The van der Waals surface area contributed by atoms with Crippen molar-refractivity contribution in [2.75, 3.05) is 0 Å². The van der Waals surface area contributed by atoms with Crippen molar-refractivity contribution < 1.29 is 30.5 Å². The lowest BCUT2D eigenvalue weighted by Crippen LogP contribution is -2.28. The molecule has 0 atom stereocenters. The van der Waals surface area contributed by atoms with Gasteiger partial charge in [-0.15, -0.1) is 0 Å². The van der Waals surface area contributed by atoms with Crippen LogP contribution in [0, 0.1) is 0 Å². The van der Waals surface area contributed by atoms with E-state index in [0.29, 0.717) is 34.2 Å². The van der Waals surface area contributed by atoms with Gasteiger partial charge in [0.05, 0.1) is 22.2 Å². The van der Waals surface area contributed by atoms with E-state index in [4.69, 9.17) is 19.1 Å². The number of hydrogen-bond acceptors (Lipinski definition) is 9. The normalized spacial score (nSPS) is 12.3. The van der Waals surface area contributed by atoms with E-state index >= 15 is 0 Å². The van der Waals surface area contributed by atoms with Crippen LogP contribution < -0.4 is 21.1 Å². The number of nitrogens with two attached hydrogens (primary N) is 2. The van der Waals surface area contributed by atoms with Gasteiger partial charge in [-0.2, -0.15) is 10.2 Å². The zero-order valence-electron chi connectivity index (χ0n) is 19.3. The Bertz CT molecular complexity index is 1590. The Balaban J connectivity index is 1.28. The Morgan fingerprint density at radius 3 is 1.34 bits per heavy atom. The molecule has 0 saturated heterocycles. The fourth-order valence-corrected chi connectivity index (χ4v) is 4.14. The number of carbonyl (C=O) groups excluding carboxylic acids is 1. The molecular weight excluding hydrogens is 536 g/mol. The summed E-state index contributed by atoms with van der Waals surface area (Å²) in [7, 11) is -7.58. The Hall–Kier alpha value is -4.57. The summed E-state index contributed by atoms with van der Waals surface area (Å²) in [6, 6.07) is 17.5. The number of benzene rings is 2. The summed E-state index contributed by atoms with van der Waals surface area (Å²) in [6.45, 7) is 0. The van der Waals surface area contributed by atoms with E-state index in [2.05, 4.69) is 21.1 Å². The van der Waals surface area contributed by atoms with Crippen LogP contribution in [0.2, 0.25) is 0 Å². The standard InChI is InChI=1S/C23H20N6O7S2/c24-37(31,32)19-7-1-15(2-8-19)21-11-5-17(35-21)13-26-28-23(30)29-27-14-18-6-12-22(36-18)16-3-9-20(10-4-16)38(25,33)34/h1-14H,(H2,24,31,32)(H2,25,33,34)(H2,28,29,30). The molecule has 4 rings (SSSR count). The number of hydrogen-bond donors (Lipinski definition) is 4. The van der Waals surface area contributed by atoms with E-state index in [9.17, 15) is 21.6 Å². The molecule has 0 bridgehead atoms. The van der Waals surface area contributed by atoms with E-state index in [-0.39, 0.29) is 9.79 Å². The fourth-order valence-electron chi connectivity index (χ4n) is 3.11. The molecule has 196 valence electrons. The number of amides is 2. The van der Waals surface area contributed by atoms with Crippen molar-refractivity contribution in [2.45, 2.75) is 9.79 Å². The third-order valence-electron chi connectivity index (χ3n) is 4.90. The Morgan fingerprint density at radius 2 is 1.00 bits per heavy atom. The zero-order chi connectivity index (χ0) is 27.3. The number of carbonyl (C=O) groups is 1. The highest BCUT2D eigenvalue weighted by Crippen LogP contribution is 2.24. The van der Waals surface area contributed by atoms with Gasteiger partial charge in [-0.25, -0.2) is 42.8 Å². The Labute approximate surface area is 216 Å². The number of furan rings is 2. The Kier molecular flexibility index (Phi) is 7.54. The van der Waals surface area contributed by atoms with Crippen LogP contribution in [0.4, 0.5) is 4.79 Å². The lowest BCUT2D eigenvalue weighted by atomic mass is 10.2. The second-order valence-corrected chi connectivity index (χ2v) is 10.7. The predicted octanol–water partition coefficient (Wildman–Crippen LogP) is 2.17. The topological polar surface area (TPSA) is 212 Å². The van der Waals surface area contributed by atoms with Gasteiger partial charge in [0, 0.05) is 11.1 Å². The highest BCUT2D eigenvalue weighted by molar-refractivity contribution is 7.89. The molecule has 2 aromatic carbocycles. The second-order valence-electron chi connectivity index (χ2n) is 7.61. The summed E-state index contributed by atoms with van der Waals surface area (Å²) in [5.41, 5.74) is 5.68. The van der Waals surface area contributed by atoms with Crippen LogP contribution in [-0.2, 0) is 20.0 Å². The van der Waals surface area contributed by atoms with E-state index in [1.165, 1.54) is 36.7 Å². The number of rotatable bonds is 8. The molecule has 2 aromatic heterocycles. The van der Waals surface area contributed by atoms with Crippen molar-refractivity contribution in [3.05, 3.63) is 84.3 Å². The first-order valence-electron chi connectivity index (χ1n) is 10.6. The summed E-state index contributed by atoms with van der Waals surface area (Å²) in [5.74, 6) is 1.58. The monoisotopic (exact) mass is 556 g/mol. The van der Waals surface area contributed by atoms with Gasteiger partial charge < -0.3 is 8.83 Å². The van der Waals surface area contributed by atoms with Crippen LogP contribution in [0.3, 0.4) is 0 Å². The van der Waals surface area contributed by atoms with Gasteiger partial charge in [0.1, 0.15) is 23.0 Å². The highest BCUT2D eigenvalue weighted by atomic mass is 32.2. The third kappa shape index (κ3) is 6.80. The van der Waals surface area contributed by atoms with Gasteiger partial charge in [0.15, 0.2) is 0 Å². The first kappa shape index (κ1) is 26.5. The number of sulfonamides is 2. The van der Waals surface area contributed by atoms with Crippen molar-refractivity contribution in [1.29, 1.82) is 0 Å². The van der Waals surface area contributed by atoms with Crippen molar-refractivity contribution >= 4 is 38.5 Å². The van der Waals surface area contributed by atoms with E-state index in [1.807, 2.05) is 0 Å². The smallest absolute Gasteiger partial charge is 0.355 e. The van der Waals surface area contributed by atoms with Gasteiger partial charge in [0.25, 0.3) is 0 Å². The summed E-state index contributed by atoms with van der Waals surface area (Å²) in [4.78, 5) is 11.8. The lowest BCUT2D eigenvalue weighted by Gasteiger charge is -2.00. The van der Waals surface area contributed by atoms with Gasteiger partial charge >= 0.3 is 6.03 Å². The Morgan fingerprint density at radius 1 is 0.632 bits per heavy atom. The van der Waals surface area contributed by atoms with Crippen LogP contribution in [0.15, 0.2) is 102 Å². The van der Waals surface area contributed by atoms with E-state index in [0.717, 1.165) is 0 Å². The maximum atomic E-state index is 11.9.